The predicted octanol–water partition coefficient (Wildman–Crippen LogP) is -7.57. The van der Waals surface area contributed by atoms with Crippen LogP contribution >= 0.6 is 0 Å². The summed E-state index contributed by atoms with van der Waals surface area (Å²) >= 11 is 0. The van der Waals surface area contributed by atoms with Crippen LogP contribution in [0.15, 0.2) is 0 Å². The fraction of sp³-hybridized carbons (Fsp3) is 1.00. The summed E-state index contributed by atoms with van der Waals surface area (Å²) in [5, 5.41) is 109. The van der Waals surface area contributed by atoms with Crippen molar-refractivity contribution in [2.24, 2.45) is 0 Å². The maximum absolute atomic E-state index is 10.6. The Bertz CT molecular complexity index is 671. The van der Waals surface area contributed by atoms with E-state index in [1.54, 1.807) is 0 Å². The minimum Gasteiger partial charge on any atom is -0.394 e. The molecule has 0 aromatic rings. The van der Waals surface area contributed by atoms with E-state index in [4.69, 9.17) is 23.7 Å². The van der Waals surface area contributed by atoms with Gasteiger partial charge in [0.1, 0.15) is 73.2 Å². The molecule has 11 N–H and O–H groups in total. The number of rotatable bonds is 7. The van der Waals surface area contributed by atoms with E-state index in [1.807, 2.05) is 0 Å². The van der Waals surface area contributed by atoms with E-state index >= 15 is 0 Å². The summed E-state index contributed by atoms with van der Waals surface area (Å²) in [5.74, 6) is 0. The largest absolute Gasteiger partial charge is 0.394 e. The molecule has 0 saturated carbocycles. The van der Waals surface area contributed by atoms with Gasteiger partial charge in [0.05, 0.1) is 19.8 Å². The van der Waals surface area contributed by atoms with Gasteiger partial charge in [0.15, 0.2) is 18.9 Å². The van der Waals surface area contributed by atoms with Gasteiger partial charge in [-0.1, -0.05) is 0 Å². The predicted molar refractivity (Wildman–Crippen MR) is 101 cm³/mol. The fourth-order valence-electron chi connectivity index (χ4n) is 4.06. The molecule has 0 aromatic heterocycles. The van der Waals surface area contributed by atoms with Crippen molar-refractivity contribution in [3.8, 4) is 0 Å². The zero-order valence-electron chi connectivity index (χ0n) is 24.1. The molecule has 0 amide bonds. The van der Waals surface area contributed by atoms with Gasteiger partial charge in [-0.05, 0) is 0 Å². The first-order valence-electron chi connectivity index (χ1n) is 10.6. The molecular formula is C18H32Ac11O16. The fourth-order valence-corrected chi connectivity index (χ4v) is 4.06. The summed E-state index contributed by atoms with van der Waals surface area (Å²) in [6.45, 7) is -2.32. The number of aliphatic hydroxyl groups excluding tert-OH is 11. The summed E-state index contributed by atoms with van der Waals surface area (Å²) < 4.78 is 26.4. The van der Waals surface area contributed by atoms with Gasteiger partial charge in [0.25, 0.3) is 0 Å². The zero-order chi connectivity index (χ0) is 25.3. The second kappa shape index (κ2) is 43.1. The van der Waals surface area contributed by atoms with Crippen molar-refractivity contribution in [3.05, 3.63) is 0 Å². The molecule has 0 aromatic carbocycles. The van der Waals surface area contributed by atoms with Gasteiger partial charge in [0, 0.05) is 485 Å². The van der Waals surface area contributed by atoms with E-state index in [0.717, 1.165) is 0 Å². The number of hydrogen-bond donors (Lipinski definition) is 11. The summed E-state index contributed by atoms with van der Waals surface area (Å²) in [4.78, 5) is 0. The van der Waals surface area contributed by atoms with Crippen LogP contribution in [0.25, 0.3) is 0 Å². The van der Waals surface area contributed by atoms with Crippen molar-refractivity contribution in [1.29, 1.82) is 0 Å². The third kappa shape index (κ3) is 24.4. The molecule has 3 aliphatic heterocycles. The van der Waals surface area contributed by atoms with Gasteiger partial charge in [-0.25, -0.2) is 0 Å². The molecule has 6 unspecified atom stereocenters. The van der Waals surface area contributed by atoms with Crippen molar-refractivity contribution in [2.45, 2.75) is 92.1 Å². The van der Waals surface area contributed by atoms with Crippen LogP contribution in [0.5, 0.6) is 0 Å². The maximum atomic E-state index is 10.6. The molecule has 45 heavy (non-hydrogen) atoms. The molecule has 3 fully saturated rings. The SMILES string of the molecule is OCC1O[C@@H](O[C@@H]2C(CO)O[C@@H](O)C(O)[C@H]2O)C(O)[C@@H](O)[C@@H]1O[C@@H]1OC(CO)[C@H](O)[C@H](O)C1O.[Ac].[Ac].[Ac].[Ac].[Ac].[Ac].[Ac].[Ac].[Ac].[Ac].[Ac]. The first kappa shape index (κ1) is 80.5. The molecule has 15 atom stereocenters. The topological polar surface area (TPSA) is 269 Å². The van der Waals surface area contributed by atoms with Crippen LogP contribution in [-0.2, 0) is 23.7 Å². The van der Waals surface area contributed by atoms with Crippen LogP contribution in [0.3, 0.4) is 0 Å². The second-order valence-corrected chi connectivity index (χ2v) is 8.33. The van der Waals surface area contributed by atoms with Crippen molar-refractivity contribution < 1.29 is 565 Å². The Labute approximate surface area is 655 Å². The minimum absolute atomic E-state index is 0. The van der Waals surface area contributed by atoms with E-state index in [0.29, 0.717) is 0 Å². The molecule has 0 bridgehead atoms. The Balaban J connectivity index is -0.000000168. The van der Waals surface area contributed by atoms with Crippen molar-refractivity contribution in [1.82, 2.24) is 0 Å². The minimum atomic E-state index is -1.91. The summed E-state index contributed by atoms with van der Waals surface area (Å²) in [7, 11) is 0. The van der Waals surface area contributed by atoms with E-state index in [1.165, 1.54) is 0 Å². The van der Waals surface area contributed by atoms with Gasteiger partial charge in [-0.2, -0.15) is 0 Å². The molecule has 3 aliphatic rings. The first-order chi connectivity index (χ1) is 16.0. The van der Waals surface area contributed by atoms with E-state index in [-0.39, 0.29) is 485 Å². The average molecular weight is 3000 g/mol. The van der Waals surface area contributed by atoms with Crippen LogP contribution in [0.2, 0.25) is 0 Å². The molecule has 16 nitrogen and oxygen atoms in total. The van der Waals surface area contributed by atoms with Crippen LogP contribution in [0.1, 0.15) is 0 Å². The normalized spacial score (nSPS) is 39.7. The molecule has 0 aliphatic carbocycles. The number of ether oxygens (including phenoxy) is 5. The van der Waals surface area contributed by atoms with E-state index in [2.05, 4.69) is 0 Å². The Morgan fingerprint density at radius 1 is 0.356 bits per heavy atom. The van der Waals surface area contributed by atoms with Crippen LogP contribution in [-0.4, -0.2) is 168 Å². The zero-order valence-corrected chi connectivity index (χ0v) is 76.3. The summed E-state index contributed by atoms with van der Waals surface area (Å²) in [6, 6.07) is 0. The second-order valence-electron chi connectivity index (χ2n) is 8.33. The van der Waals surface area contributed by atoms with E-state index < -0.39 is 112 Å². The van der Waals surface area contributed by atoms with Crippen LogP contribution in [0.4, 0.5) is 0 Å². The maximum Gasteiger partial charge on any atom is 0.187 e. The first-order valence-corrected chi connectivity index (χ1v) is 10.6. The van der Waals surface area contributed by atoms with E-state index in [9.17, 15) is 56.2 Å². The van der Waals surface area contributed by atoms with Crippen molar-refractivity contribution in [3.63, 3.8) is 0 Å². The standard InChI is InChI=1S/C18H32O16.11Ac/c19-1-4-7(22)8(23)12(27)17(31-4)34-15-6(3-21)32-18(13(28)10(15)25)33-14-5(2-20)30-16(29)11(26)9(14)24;;;;;;;;;;;/h4-29H,1-3H2;;;;;;;;;;;/t4?,5?,6?,7-,8-,9+,10+,11?,12?,13?,14+,15+,16+,17-,18-;;;;;;;;;;;/m0.........../s1. The Hall–Kier alpha value is 15.2. The Morgan fingerprint density at radius 2 is 0.667 bits per heavy atom. The number of aliphatic hydroxyl groups is 11. The van der Waals surface area contributed by atoms with Crippen LogP contribution < -0.4 is 0 Å². The Morgan fingerprint density at radius 3 is 1.04 bits per heavy atom. The third-order valence-electron chi connectivity index (χ3n) is 6.09. The molecule has 3 saturated heterocycles. The Kier molecular flexibility index (Phi) is 77.1. The summed E-state index contributed by atoms with van der Waals surface area (Å²) in [5.41, 5.74) is 0. The number of hydrogen-bond acceptors (Lipinski definition) is 16. The molecular weight excluding hydrogens is 2970 g/mol. The molecule has 233 valence electrons. The van der Waals surface area contributed by atoms with Crippen LogP contribution in [0, 0.1) is 485 Å². The van der Waals surface area contributed by atoms with Gasteiger partial charge in [-0.15, -0.1) is 0 Å². The third-order valence-corrected chi connectivity index (χ3v) is 6.09. The molecule has 3 rings (SSSR count). The van der Waals surface area contributed by atoms with Gasteiger partial charge in [0.2, 0.25) is 0 Å². The average Bonchev–Trinajstić information content (AvgIpc) is 2.83. The van der Waals surface area contributed by atoms with Gasteiger partial charge < -0.3 is 79.9 Å². The van der Waals surface area contributed by atoms with Crippen molar-refractivity contribution in [2.75, 3.05) is 19.8 Å². The summed E-state index contributed by atoms with van der Waals surface area (Å²) in [6.07, 6.45) is -25.1. The van der Waals surface area contributed by atoms with Gasteiger partial charge >= 0.3 is 0 Å². The molecule has 3 heterocycles. The monoisotopic (exact) mass is 3000 g/mol. The van der Waals surface area contributed by atoms with Gasteiger partial charge in [-0.3, -0.25) is 0 Å². The molecule has 0 spiro atoms. The van der Waals surface area contributed by atoms with Crippen molar-refractivity contribution >= 4 is 0 Å². The quantitative estimate of drug-likeness (QED) is 0.113. The molecule has 11 radical (unpaired) electrons. The smallest absolute Gasteiger partial charge is 0.187 e. The molecule has 27 heteroatoms.